The quantitative estimate of drug-likeness (QED) is 0.369. The molecule has 0 N–H and O–H groups in total. The van der Waals surface area contributed by atoms with Crippen LogP contribution in [0, 0.1) is 0 Å². The van der Waals surface area contributed by atoms with Gasteiger partial charge in [0.15, 0.2) is 6.61 Å². The van der Waals surface area contributed by atoms with Crippen LogP contribution in [0.4, 0.5) is 0 Å². The highest BCUT2D eigenvalue weighted by molar-refractivity contribution is 8.16. The third kappa shape index (κ3) is 5.67. The van der Waals surface area contributed by atoms with E-state index >= 15 is 0 Å². The van der Waals surface area contributed by atoms with Crippen LogP contribution < -0.4 is 4.74 Å². The molecule has 142 valence electrons. The van der Waals surface area contributed by atoms with E-state index in [4.69, 9.17) is 20.9 Å². The van der Waals surface area contributed by atoms with E-state index in [1.807, 2.05) is 47.8 Å². The Bertz CT molecular complexity index is 832. The zero-order valence-electron chi connectivity index (χ0n) is 15.2. The number of thioether (sulfide) groups is 2. The molecule has 0 fully saturated rings. The molecule has 0 unspecified atom stereocenters. The summed E-state index contributed by atoms with van der Waals surface area (Å²) < 4.78 is 11.5. The average Bonchev–Trinajstić information content (AvgIpc) is 3.16. The number of benzene rings is 2. The molecule has 4 nitrogen and oxygen atoms in total. The summed E-state index contributed by atoms with van der Waals surface area (Å²) in [6, 6.07) is 15.5. The van der Waals surface area contributed by atoms with E-state index in [1.54, 1.807) is 12.1 Å². The van der Waals surface area contributed by atoms with E-state index in [2.05, 4.69) is 36.1 Å². The molecule has 0 aliphatic carbocycles. The van der Waals surface area contributed by atoms with Gasteiger partial charge in [0.2, 0.25) is 5.82 Å². The minimum atomic E-state index is 0.233. The molecule has 0 aliphatic rings. The number of halogens is 1. The summed E-state index contributed by atoms with van der Waals surface area (Å²) in [5.74, 6) is 3.94. The van der Waals surface area contributed by atoms with Gasteiger partial charge in [0, 0.05) is 10.6 Å². The van der Waals surface area contributed by atoms with Gasteiger partial charge in [-0.05, 0) is 53.5 Å². The summed E-state index contributed by atoms with van der Waals surface area (Å²) in [4.78, 5) is 4.37. The second kappa shape index (κ2) is 10.1. The van der Waals surface area contributed by atoms with Crippen molar-refractivity contribution in [2.45, 2.75) is 25.0 Å². The van der Waals surface area contributed by atoms with Crippen molar-refractivity contribution in [2.24, 2.45) is 0 Å². The van der Waals surface area contributed by atoms with Crippen LogP contribution in [0.2, 0.25) is 5.02 Å². The van der Waals surface area contributed by atoms with Crippen LogP contribution in [0.3, 0.4) is 0 Å². The smallest absolute Gasteiger partial charge is 0.264 e. The fourth-order valence-corrected chi connectivity index (χ4v) is 5.07. The van der Waals surface area contributed by atoms with Crippen molar-refractivity contribution >= 4 is 35.1 Å². The first-order valence-corrected chi connectivity index (χ1v) is 11.2. The maximum absolute atomic E-state index is 5.90. The Morgan fingerprint density at radius 3 is 2.30 bits per heavy atom. The van der Waals surface area contributed by atoms with Gasteiger partial charge in [-0.15, -0.1) is 23.5 Å². The van der Waals surface area contributed by atoms with Crippen molar-refractivity contribution in [3.63, 3.8) is 0 Å². The second-order valence-corrected chi connectivity index (χ2v) is 9.12. The van der Waals surface area contributed by atoms with E-state index in [0.717, 1.165) is 22.8 Å². The highest BCUT2D eigenvalue weighted by atomic mass is 35.5. The molecule has 0 aliphatic heterocycles. The maximum atomic E-state index is 5.90. The normalized spacial score (nSPS) is 11.1. The van der Waals surface area contributed by atoms with Gasteiger partial charge >= 0.3 is 0 Å². The first-order chi connectivity index (χ1) is 13.2. The topological polar surface area (TPSA) is 48.2 Å². The standard InChI is InChI=1S/C20H21ClN2O2S2/c1-3-26-20(27-4-2)15-7-11-17(12-8-15)24-13-18-22-19(23-25-18)14-5-9-16(21)10-6-14/h5-12,20H,3-4,13H2,1-2H3. The van der Waals surface area contributed by atoms with Gasteiger partial charge in [0.25, 0.3) is 5.89 Å². The highest BCUT2D eigenvalue weighted by Gasteiger charge is 2.12. The summed E-state index contributed by atoms with van der Waals surface area (Å²) in [7, 11) is 0. The number of hydrogen-bond donors (Lipinski definition) is 0. The van der Waals surface area contributed by atoms with Crippen LogP contribution in [0.5, 0.6) is 5.75 Å². The van der Waals surface area contributed by atoms with Crippen LogP contribution in [0.15, 0.2) is 53.1 Å². The SMILES string of the molecule is CCSC(SCC)c1ccc(OCc2nc(-c3ccc(Cl)cc3)no2)cc1. The van der Waals surface area contributed by atoms with E-state index in [1.165, 1.54) is 5.56 Å². The molecule has 3 rings (SSSR count). The van der Waals surface area contributed by atoms with Gasteiger partial charge in [-0.1, -0.05) is 42.7 Å². The lowest BCUT2D eigenvalue weighted by Gasteiger charge is -2.15. The van der Waals surface area contributed by atoms with E-state index < -0.39 is 0 Å². The van der Waals surface area contributed by atoms with Crippen LogP contribution in [0.1, 0.15) is 29.9 Å². The lowest BCUT2D eigenvalue weighted by Crippen LogP contribution is -1.97. The fraction of sp³-hybridized carbons (Fsp3) is 0.300. The van der Waals surface area contributed by atoms with Crippen molar-refractivity contribution in [2.75, 3.05) is 11.5 Å². The summed E-state index contributed by atoms with van der Waals surface area (Å²) in [6.07, 6.45) is 0. The number of nitrogens with zero attached hydrogens (tertiary/aromatic N) is 2. The number of aromatic nitrogens is 2. The van der Waals surface area contributed by atoms with Gasteiger partial charge in [-0.25, -0.2) is 0 Å². The van der Waals surface area contributed by atoms with Crippen molar-refractivity contribution < 1.29 is 9.26 Å². The van der Waals surface area contributed by atoms with Gasteiger partial charge < -0.3 is 9.26 Å². The zero-order valence-corrected chi connectivity index (χ0v) is 17.6. The molecule has 0 atom stereocenters. The van der Waals surface area contributed by atoms with Crippen molar-refractivity contribution in [3.8, 4) is 17.1 Å². The molecule has 0 radical (unpaired) electrons. The van der Waals surface area contributed by atoms with Gasteiger partial charge in [-0.3, -0.25) is 0 Å². The van der Waals surface area contributed by atoms with E-state index in [9.17, 15) is 0 Å². The van der Waals surface area contributed by atoms with Gasteiger partial charge in [-0.2, -0.15) is 4.98 Å². The molecule has 3 aromatic rings. The van der Waals surface area contributed by atoms with Gasteiger partial charge in [0.1, 0.15) is 5.75 Å². The average molecular weight is 421 g/mol. The molecule has 0 spiro atoms. The van der Waals surface area contributed by atoms with Crippen LogP contribution in [-0.4, -0.2) is 21.6 Å². The first-order valence-electron chi connectivity index (χ1n) is 8.74. The Morgan fingerprint density at radius 2 is 1.67 bits per heavy atom. The Kier molecular flexibility index (Phi) is 7.50. The van der Waals surface area contributed by atoms with E-state index in [0.29, 0.717) is 21.3 Å². The predicted molar refractivity (Wildman–Crippen MR) is 115 cm³/mol. The minimum absolute atomic E-state index is 0.233. The minimum Gasteiger partial charge on any atom is -0.484 e. The zero-order chi connectivity index (χ0) is 19.1. The molecular weight excluding hydrogens is 400 g/mol. The molecule has 7 heteroatoms. The maximum Gasteiger partial charge on any atom is 0.264 e. The van der Waals surface area contributed by atoms with Gasteiger partial charge in [0.05, 0.1) is 4.58 Å². The van der Waals surface area contributed by atoms with Crippen molar-refractivity contribution in [3.05, 3.63) is 65.0 Å². The van der Waals surface area contributed by atoms with Crippen LogP contribution in [-0.2, 0) is 6.61 Å². The molecule has 0 amide bonds. The largest absolute Gasteiger partial charge is 0.484 e. The lowest BCUT2D eigenvalue weighted by atomic mass is 10.2. The first kappa shape index (κ1) is 20.1. The molecule has 0 saturated carbocycles. The van der Waals surface area contributed by atoms with E-state index in [-0.39, 0.29) is 6.61 Å². The highest BCUT2D eigenvalue weighted by Crippen LogP contribution is 2.39. The van der Waals surface area contributed by atoms with Crippen molar-refractivity contribution in [1.82, 2.24) is 10.1 Å². The van der Waals surface area contributed by atoms with Crippen LogP contribution >= 0.6 is 35.1 Å². The number of rotatable bonds is 9. The second-order valence-electron chi connectivity index (χ2n) is 5.62. The number of ether oxygens (including phenoxy) is 1. The molecule has 1 heterocycles. The Labute approximate surface area is 173 Å². The van der Waals surface area contributed by atoms with Crippen LogP contribution in [0.25, 0.3) is 11.4 Å². The predicted octanol–water partition coefficient (Wildman–Crippen LogP) is 6.47. The lowest BCUT2D eigenvalue weighted by molar-refractivity contribution is 0.243. The summed E-state index contributed by atoms with van der Waals surface area (Å²) in [6.45, 7) is 4.61. The Balaban J connectivity index is 1.59. The number of hydrogen-bond acceptors (Lipinski definition) is 6. The molecule has 27 heavy (non-hydrogen) atoms. The molecule has 1 aromatic heterocycles. The molecule has 0 saturated heterocycles. The summed E-state index contributed by atoms with van der Waals surface area (Å²) in [5.41, 5.74) is 2.16. The Hall–Kier alpha value is -1.63. The molecule has 2 aromatic carbocycles. The van der Waals surface area contributed by atoms with Crippen molar-refractivity contribution in [1.29, 1.82) is 0 Å². The monoisotopic (exact) mass is 420 g/mol. The Morgan fingerprint density at radius 1 is 1.00 bits per heavy atom. The third-order valence-corrected chi connectivity index (χ3v) is 6.61. The fourth-order valence-electron chi connectivity index (χ4n) is 2.44. The summed E-state index contributed by atoms with van der Waals surface area (Å²) >= 11 is 9.81. The third-order valence-electron chi connectivity index (χ3n) is 3.72. The molecule has 0 bridgehead atoms. The molecular formula is C20H21ClN2O2S2. The summed E-state index contributed by atoms with van der Waals surface area (Å²) in [5, 5.41) is 4.66.